The van der Waals surface area contributed by atoms with Crippen LogP contribution in [-0.2, 0) is 4.84 Å². The molecule has 0 aromatic heterocycles. The molecule has 0 spiro atoms. The SMILES string of the molecule is COc1ccc(C)cc1N1CCCC1CON. The van der Waals surface area contributed by atoms with E-state index in [1.807, 2.05) is 6.07 Å². The molecule has 1 unspecified atom stereocenters. The lowest BCUT2D eigenvalue weighted by Crippen LogP contribution is -2.34. The Balaban J connectivity index is 2.28. The maximum atomic E-state index is 5.43. The first-order chi connectivity index (χ1) is 8.26. The number of nitrogens with two attached hydrogens (primary N) is 1. The van der Waals surface area contributed by atoms with Crippen molar-refractivity contribution in [3.05, 3.63) is 23.8 Å². The van der Waals surface area contributed by atoms with E-state index in [2.05, 4.69) is 24.0 Å². The van der Waals surface area contributed by atoms with Gasteiger partial charge in [-0.15, -0.1) is 0 Å². The Hall–Kier alpha value is -1.26. The van der Waals surface area contributed by atoms with E-state index in [4.69, 9.17) is 15.5 Å². The molecule has 0 amide bonds. The fourth-order valence-electron chi connectivity index (χ4n) is 2.46. The quantitative estimate of drug-likeness (QED) is 0.811. The fraction of sp³-hybridized carbons (Fsp3) is 0.538. The molecule has 1 aromatic carbocycles. The van der Waals surface area contributed by atoms with Crippen molar-refractivity contribution in [3.63, 3.8) is 0 Å². The van der Waals surface area contributed by atoms with E-state index >= 15 is 0 Å². The number of ether oxygens (including phenoxy) is 1. The number of benzene rings is 1. The highest BCUT2D eigenvalue weighted by molar-refractivity contribution is 5.61. The van der Waals surface area contributed by atoms with Gasteiger partial charge in [-0.1, -0.05) is 6.07 Å². The van der Waals surface area contributed by atoms with Crippen LogP contribution in [0.1, 0.15) is 18.4 Å². The van der Waals surface area contributed by atoms with Gasteiger partial charge in [0.1, 0.15) is 5.75 Å². The van der Waals surface area contributed by atoms with Gasteiger partial charge in [0.2, 0.25) is 0 Å². The summed E-state index contributed by atoms with van der Waals surface area (Å²) in [7, 11) is 1.71. The molecule has 17 heavy (non-hydrogen) atoms. The highest BCUT2D eigenvalue weighted by Gasteiger charge is 2.26. The second-order valence-electron chi connectivity index (χ2n) is 4.50. The zero-order chi connectivity index (χ0) is 12.3. The number of methoxy groups -OCH3 is 1. The van der Waals surface area contributed by atoms with E-state index < -0.39 is 0 Å². The molecule has 94 valence electrons. The van der Waals surface area contributed by atoms with E-state index in [0.29, 0.717) is 12.6 Å². The molecule has 4 nitrogen and oxygen atoms in total. The maximum Gasteiger partial charge on any atom is 0.142 e. The van der Waals surface area contributed by atoms with Crippen LogP contribution in [0.2, 0.25) is 0 Å². The molecule has 1 fully saturated rings. The predicted molar refractivity (Wildman–Crippen MR) is 68.2 cm³/mol. The number of hydrogen-bond donors (Lipinski definition) is 1. The van der Waals surface area contributed by atoms with Gasteiger partial charge in [-0.25, -0.2) is 5.90 Å². The molecule has 4 heteroatoms. The first-order valence-electron chi connectivity index (χ1n) is 5.99. The van der Waals surface area contributed by atoms with Crippen LogP contribution in [0.3, 0.4) is 0 Å². The van der Waals surface area contributed by atoms with E-state index in [-0.39, 0.29) is 0 Å². The Morgan fingerprint density at radius 1 is 1.47 bits per heavy atom. The third-order valence-corrected chi connectivity index (χ3v) is 3.31. The third-order valence-electron chi connectivity index (χ3n) is 3.31. The van der Waals surface area contributed by atoms with Crippen molar-refractivity contribution in [2.45, 2.75) is 25.8 Å². The summed E-state index contributed by atoms with van der Waals surface area (Å²) in [6, 6.07) is 6.60. The van der Waals surface area contributed by atoms with Gasteiger partial charge in [-0.3, -0.25) is 0 Å². The molecule has 1 aliphatic heterocycles. The minimum absolute atomic E-state index is 0.357. The van der Waals surface area contributed by atoms with E-state index in [0.717, 1.165) is 24.4 Å². The van der Waals surface area contributed by atoms with Crippen LogP contribution in [0, 0.1) is 6.92 Å². The topological polar surface area (TPSA) is 47.7 Å². The van der Waals surface area contributed by atoms with Crippen molar-refractivity contribution in [3.8, 4) is 5.75 Å². The molecule has 0 saturated carbocycles. The lowest BCUT2D eigenvalue weighted by atomic mass is 10.1. The fourth-order valence-corrected chi connectivity index (χ4v) is 2.46. The van der Waals surface area contributed by atoms with Gasteiger partial charge >= 0.3 is 0 Å². The van der Waals surface area contributed by atoms with Crippen molar-refractivity contribution < 1.29 is 9.57 Å². The number of aryl methyl sites for hydroxylation is 1. The van der Waals surface area contributed by atoms with Crippen LogP contribution in [0.4, 0.5) is 5.69 Å². The Morgan fingerprint density at radius 3 is 3.00 bits per heavy atom. The molecule has 1 aliphatic rings. The van der Waals surface area contributed by atoms with Crippen LogP contribution in [0.5, 0.6) is 5.75 Å². The smallest absolute Gasteiger partial charge is 0.142 e. The highest BCUT2D eigenvalue weighted by Crippen LogP contribution is 2.34. The molecule has 0 radical (unpaired) electrons. The summed E-state index contributed by atoms with van der Waals surface area (Å²) >= 11 is 0. The maximum absolute atomic E-state index is 5.43. The third kappa shape index (κ3) is 2.53. The average Bonchev–Trinajstić information content (AvgIpc) is 2.77. The normalized spacial score (nSPS) is 19.7. The first-order valence-corrected chi connectivity index (χ1v) is 5.99. The molecule has 1 saturated heterocycles. The van der Waals surface area contributed by atoms with Crippen molar-refractivity contribution in [2.75, 3.05) is 25.2 Å². The van der Waals surface area contributed by atoms with Crippen LogP contribution >= 0.6 is 0 Å². The number of nitrogens with zero attached hydrogens (tertiary/aromatic N) is 1. The lowest BCUT2D eigenvalue weighted by Gasteiger charge is -2.27. The van der Waals surface area contributed by atoms with Gasteiger partial charge < -0.3 is 14.5 Å². The second-order valence-corrected chi connectivity index (χ2v) is 4.50. The highest BCUT2D eigenvalue weighted by atomic mass is 16.6. The molecule has 2 N–H and O–H groups in total. The molecule has 0 aliphatic carbocycles. The van der Waals surface area contributed by atoms with Crippen molar-refractivity contribution in [2.24, 2.45) is 5.90 Å². The largest absolute Gasteiger partial charge is 0.495 e. The molecule has 2 rings (SSSR count). The second kappa shape index (κ2) is 5.38. The van der Waals surface area contributed by atoms with Gasteiger partial charge in [0, 0.05) is 6.54 Å². The average molecular weight is 236 g/mol. The summed E-state index contributed by atoms with van der Waals surface area (Å²) in [5.74, 6) is 6.11. The minimum Gasteiger partial charge on any atom is -0.495 e. The standard InChI is InChI=1S/C13H20N2O2/c1-10-5-6-13(16-2)12(8-10)15-7-3-4-11(15)9-17-14/h5-6,8,11H,3-4,7,9,14H2,1-2H3. The molecular weight excluding hydrogens is 216 g/mol. The van der Waals surface area contributed by atoms with Crippen molar-refractivity contribution >= 4 is 5.69 Å². The van der Waals surface area contributed by atoms with Gasteiger partial charge in [0.15, 0.2) is 0 Å². The van der Waals surface area contributed by atoms with Gasteiger partial charge in [0.05, 0.1) is 25.4 Å². The van der Waals surface area contributed by atoms with E-state index in [9.17, 15) is 0 Å². The lowest BCUT2D eigenvalue weighted by molar-refractivity contribution is 0.124. The number of anilines is 1. The molecular formula is C13H20N2O2. The zero-order valence-electron chi connectivity index (χ0n) is 10.5. The molecule has 0 bridgehead atoms. The van der Waals surface area contributed by atoms with E-state index in [1.165, 1.54) is 12.0 Å². The Bertz CT molecular complexity index is 382. The Labute approximate surface area is 102 Å². The van der Waals surface area contributed by atoms with Crippen LogP contribution < -0.4 is 15.5 Å². The van der Waals surface area contributed by atoms with Crippen molar-refractivity contribution in [1.82, 2.24) is 0 Å². The summed E-state index contributed by atoms with van der Waals surface area (Å²) in [5, 5.41) is 0. The van der Waals surface area contributed by atoms with Crippen LogP contribution in [0.25, 0.3) is 0 Å². The Morgan fingerprint density at radius 2 is 2.29 bits per heavy atom. The molecule has 1 atom stereocenters. The summed E-state index contributed by atoms with van der Waals surface area (Å²) in [5.41, 5.74) is 2.38. The van der Waals surface area contributed by atoms with E-state index in [1.54, 1.807) is 7.11 Å². The number of hydrogen-bond acceptors (Lipinski definition) is 4. The minimum atomic E-state index is 0.357. The number of rotatable bonds is 4. The molecule has 1 heterocycles. The van der Waals surface area contributed by atoms with Crippen LogP contribution in [0.15, 0.2) is 18.2 Å². The van der Waals surface area contributed by atoms with Gasteiger partial charge in [0.25, 0.3) is 0 Å². The van der Waals surface area contributed by atoms with Crippen molar-refractivity contribution in [1.29, 1.82) is 0 Å². The van der Waals surface area contributed by atoms with Gasteiger partial charge in [-0.05, 0) is 37.5 Å². The first kappa shape index (κ1) is 12.2. The molecule has 1 aromatic rings. The predicted octanol–water partition coefficient (Wildman–Crippen LogP) is 1.86. The Kier molecular flexibility index (Phi) is 3.86. The summed E-state index contributed by atoms with van der Waals surface area (Å²) in [4.78, 5) is 7.13. The summed E-state index contributed by atoms with van der Waals surface area (Å²) in [6.07, 6.45) is 2.29. The summed E-state index contributed by atoms with van der Waals surface area (Å²) in [6.45, 7) is 3.69. The van der Waals surface area contributed by atoms with Gasteiger partial charge in [-0.2, -0.15) is 0 Å². The van der Waals surface area contributed by atoms with Crippen LogP contribution in [-0.4, -0.2) is 26.3 Å². The zero-order valence-corrected chi connectivity index (χ0v) is 10.5. The summed E-state index contributed by atoms with van der Waals surface area (Å²) < 4.78 is 5.43. The monoisotopic (exact) mass is 236 g/mol.